The van der Waals surface area contributed by atoms with Gasteiger partial charge >= 0.3 is 11.9 Å². The zero-order valence-corrected chi connectivity index (χ0v) is 16.3. The molecule has 154 valence electrons. The van der Waals surface area contributed by atoms with Crippen LogP contribution < -0.4 is 5.32 Å². The van der Waals surface area contributed by atoms with Crippen molar-refractivity contribution >= 4 is 35.4 Å². The number of carbonyl (C=O) groups is 2. The molecule has 0 saturated heterocycles. The first-order chi connectivity index (χ1) is 13.8. The lowest BCUT2D eigenvalue weighted by Crippen LogP contribution is -2.31. The summed E-state index contributed by atoms with van der Waals surface area (Å²) in [6, 6.07) is 3.66. The van der Waals surface area contributed by atoms with E-state index in [0.717, 1.165) is 12.3 Å². The number of rotatable bonds is 7. The van der Waals surface area contributed by atoms with E-state index < -0.39 is 22.8 Å². The largest absolute Gasteiger partial charge is 0.463 e. The number of hydrogen-bond donors (Lipinski definition) is 2. The lowest BCUT2D eigenvalue weighted by molar-refractivity contribution is -0.384. The molecule has 1 aromatic carbocycles. The molecule has 1 aliphatic heterocycles. The van der Waals surface area contributed by atoms with Gasteiger partial charge in [-0.15, -0.1) is 0 Å². The van der Waals surface area contributed by atoms with Gasteiger partial charge in [-0.25, -0.2) is 9.59 Å². The van der Waals surface area contributed by atoms with E-state index in [2.05, 4.69) is 10.5 Å². The van der Waals surface area contributed by atoms with E-state index in [1.54, 1.807) is 13.8 Å². The first-order valence-electron chi connectivity index (χ1n) is 8.51. The number of halogens is 1. The van der Waals surface area contributed by atoms with E-state index in [0.29, 0.717) is 0 Å². The Morgan fingerprint density at radius 3 is 2.55 bits per heavy atom. The average molecular weight is 424 g/mol. The molecule has 0 aliphatic carbocycles. The predicted molar refractivity (Wildman–Crippen MR) is 103 cm³/mol. The van der Waals surface area contributed by atoms with Gasteiger partial charge < -0.3 is 20.0 Å². The number of esters is 2. The number of carbonyl (C=O) groups excluding carboxylic acids is 2. The van der Waals surface area contributed by atoms with Crippen LogP contribution in [0.3, 0.4) is 0 Å². The average Bonchev–Trinajstić information content (AvgIpc) is 2.68. The summed E-state index contributed by atoms with van der Waals surface area (Å²) in [4.78, 5) is 35.9. The highest BCUT2D eigenvalue weighted by atomic mass is 35.5. The van der Waals surface area contributed by atoms with Crippen LogP contribution in [0.1, 0.15) is 25.3 Å². The summed E-state index contributed by atoms with van der Waals surface area (Å²) in [5.41, 5.74) is -0.267. The third kappa shape index (κ3) is 4.72. The highest BCUT2D eigenvalue weighted by Crippen LogP contribution is 2.41. The smallest absolute Gasteiger partial charge is 0.337 e. The Morgan fingerprint density at radius 1 is 1.31 bits per heavy atom. The molecule has 29 heavy (non-hydrogen) atoms. The van der Waals surface area contributed by atoms with Crippen molar-refractivity contribution in [2.45, 2.75) is 19.8 Å². The quantitative estimate of drug-likeness (QED) is 0.224. The second-order valence-electron chi connectivity index (χ2n) is 5.65. The molecule has 10 nitrogen and oxygen atoms in total. The lowest BCUT2D eigenvalue weighted by Gasteiger charge is -2.27. The number of dihydropyridines is 1. The van der Waals surface area contributed by atoms with Gasteiger partial charge in [0.2, 0.25) is 0 Å². The zero-order valence-electron chi connectivity index (χ0n) is 15.5. The number of nitrogens with one attached hydrogen (secondary N) is 1. The number of ether oxygens (including phenoxy) is 2. The van der Waals surface area contributed by atoms with Crippen molar-refractivity contribution in [2.75, 3.05) is 13.2 Å². The van der Waals surface area contributed by atoms with Gasteiger partial charge in [0.15, 0.2) is 0 Å². The maximum Gasteiger partial charge on any atom is 0.337 e. The number of nitrogens with zero attached hydrogens (tertiary/aromatic N) is 2. The van der Waals surface area contributed by atoms with Gasteiger partial charge in [0.1, 0.15) is 0 Å². The summed E-state index contributed by atoms with van der Waals surface area (Å²) >= 11 is 6.27. The molecular weight excluding hydrogens is 406 g/mol. The van der Waals surface area contributed by atoms with Crippen molar-refractivity contribution < 1.29 is 29.2 Å². The van der Waals surface area contributed by atoms with E-state index in [1.807, 2.05) is 0 Å². The maximum atomic E-state index is 12.7. The van der Waals surface area contributed by atoms with Crippen LogP contribution in [-0.4, -0.2) is 41.5 Å². The second kappa shape index (κ2) is 9.69. The van der Waals surface area contributed by atoms with Gasteiger partial charge in [0.25, 0.3) is 5.69 Å². The van der Waals surface area contributed by atoms with E-state index in [1.165, 1.54) is 18.3 Å². The van der Waals surface area contributed by atoms with Gasteiger partial charge in [0, 0.05) is 23.4 Å². The number of benzene rings is 1. The zero-order chi connectivity index (χ0) is 21.6. The van der Waals surface area contributed by atoms with Crippen molar-refractivity contribution in [1.82, 2.24) is 5.32 Å². The fourth-order valence-corrected chi connectivity index (χ4v) is 3.04. The molecule has 0 amide bonds. The monoisotopic (exact) mass is 423 g/mol. The summed E-state index contributed by atoms with van der Waals surface area (Å²) in [5, 5.41) is 25.9. The third-order valence-electron chi connectivity index (χ3n) is 3.97. The molecule has 1 aromatic rings. The molecule has 0 saturated carbocycles. The molecule has 1 heterocycles. The Labute approximate surface area is 170 Å². The number of nitro benzene ring substituents is 1. The first-order valence-corrected chi connectivity index (χ1v) is 8.89. The number of hydrogen-bond acceptors (Lipinski definition) is 9. The fourth-order valence-electron chi connectivity index (χ4n) is 2.81. The third-order valence-corrected chi connectivity index (χ3v) is 4.31. The van der Waals surface area contributed by atoms with E-state index in [4.69, 9.17) is 26.3 Å². The second-order valence-corrected chi connectivity index (χ2v) is 6.06. The molecule has 11 heteroatoms. The van der Waals surface area contributed by atoms with Crippen LogP contribution in [0, 0.1) is 10.1 Å². The van der Waals surface area contributed by atoms with Gasteiger partial charge in [-0.2, -0.15) is 0 Å². The van der Waals surface area contributed by atoms with Crippen LogP contribution in [0.5, 0.6) is 0 Å². The molecule has 0 spiro atoms. The van der Waals surface area contributed by atoms with Crippen LogP contribution in [0.2, 0.25) is 5.02 Å². The Balaban J connectivity index is 2.77. The molecule has 1 unspecified atom stereocenters. The molecule has 0 radical (unpaired) electrons. The van der Waals surface area contributed by atoms with E-state index >= 15 is 0 Å². The summed E-state index contributed by atoms with van der Waals surface area (Å²) < 4.78 is 10.1. The minimum Gasteiger partial charge on any atom is -0.463 e. The molecule has 1 aliphatic rings. The normalized spacial score (nSPS) is 16.2. The SMILES string of the molecule is CCOC(=O)C1=CNC(/C=N\O)=C(C(=O)OCC)C1c1cc([N+](=O)[O-])ccc1Cl. The highest BCUT2D eigenvalue weighted by Gasteiger charge is 2.38. The number of oxime groups is 1. The van der Waals surface area contributed by atoms with Crippen molar-refractivity contribution in [3.63, 3.8) is 0 Å². The number of non-ortho nitro benzene ring substituents is 1. The fraction of sp³-hybridized carbons (Fsp3) is 0.278. The molecule has 0 fully saturated rings. The molecular formula is C18H18ClN3O7. The van der Waals surface area contributed by atoms with Crippen LogP contribution in [0.4, 0.5) is 5.69 Å². The molecule has 1 atom stereocenters. The van der Waals surface area contributed by atoms with Gasteiger partial charge in [-0.3, -0.25) is 10.1 Å². The van der Waals surface area contributed by atoms with E-state index in [-0.39, 0.29) is 46.3 Å². The highest BCUT2D eigenvalue weighted by molar-refractivity contribution is 6.31. The minimum absolute atomic E-state index is 0.0209. The number of allylic oxidation sites excluding steroid dienone is 1. The van der Waals surface area contributed by atoms with Gasteiger partial charge in [-0.05, 0) is 25.5 Å². The topological polar surface area (TPSA) is 140 Å². The summed E-state index contributed by atoms with van der Waals surface area (Å²) in [7, 11) is 0. The predicted octanol–water partition coefficient (Wildman–Crippen LogP) is 2.66. The van der Waals surface area contributed by atoms with Gasteiger partial charge in [-0.1, -0.05) is 16.8 Å². The minimum atomic E-state index is -1.16. The molecule has 0 aromatic heterocycles. The van der Waals surface area contributed by atoms with Crippen LogP contribution in [-0.2, 0) is 19.1 Å². The van der Waals surface area contributed by atoms with Crippen molar-refractivity contribution in [3.05, 3.63) is 61.9 Å². The standard InChI is InChI=1S/C18H18ClN3O7/c1-3-28-17(23)12-8-20-14(9-21-25)16(18(24)29-4-2)15(12)11-7-10(22(26)27)5-6-13(11)19/h5-9,15,20,25H,3-4H2,1-2H3/b21-9-. The summed E-state index contributed by atoms with van der Waals surface area (Å²) in [6.07, 6.45) is 2.21. The molecule has 2 rings (SSSR count). The summed E-state index contributed by atoms with van der Waals surface area (Å²) in [5.74, 6) is -2.73. The Bertz CT molecular complexity index is 924. The Morgan fingerprint density at radius 2 is 1.97 bits per heavy atom. The van der Waals surface area contributed by atoms with Gasteiger partial charge in [0.05, 0.1) is 47.1 Å². The summed E-state index contributed by atoms with van der Waals surface area (Å²) in [6.45, 7) is 3.29. The van der Waals surface area contributed by atoms with Crippen LogP contribution >= 0.6 is 11.6 Å². The van der Waals surface area contributed by atoms with Crippen molar-refractivity contribution in [2.24, 2.45) is 5.16 Å². The number of nitro groups is 1. The van der Waals surface area contributed by atoms with Crippen LogP contribution in [0.25, 0.3) is 0 Å². The maximum absolute atomic E-state index is 12.7. The van der Waals surface area contributed by atoms with Crippen LogP contribution in [0.15, 0.2) is 46.4 Å². The van der Waals surface area contributed by atoms with Crippen molar-refractivity contribution in [1.29, 1.82) is 0 Å². The van der Waals surface area contributed by atoms with Crippen molar-refractivity contribution in [3.8, 4) is 0 Å². The molecule has 2 N–H and O–H groups in total. The Kier molecular flexibility index (Phi) is 7.32. The van der Waals surface area contributed by atoms with E-state index in [9.17, 15) is 19.7 Å². The lowest BCUT2D eigenvalue weighted by atomic mass is 9.81. The Hall–Kier alpha value is -3.40. The molecule has 0 bridgehead atoms. The first kappa shape index (κ1) is 21.9.